The fraction of sp³-hybridized carbons (Fsp3) is 0.583. The molecule has 2 unspecified atom stereocenters. The molecule has 3 nitrogen and oxygen atoms in total. The van der Waals surface area contributed by atoms with Crippen molar-refractivity contribution in [1.82, 2.24) is 4.98 Å². The van der Waals surface area contributed by atoms with E-state index in [0.717, 1.165) is 29.5 Å². The van der Waals surface area contributed by atoms with Crippen molar-refractivity contribution in [3.63, 3.8) is 0 Å². The van der Waals surface area contributed by atoms with Gasteiger partial charge in [0.15, 0.2) is 5.82 Å². The summed E-state index contributed by atoms with van der Waals surface area (Å²) in [7, 11) is 0. The van der Waals surface area contributed by atoms with Gasteiger partial charge in [-0.05, 0) is 43.7 Å². The van der Waals surface area contributed by atoms with E-state index in [2.05, 4.69) is 9.88 Å². The lowest BCUT2D eigenvalue weighted by molar-refractivity contribution is 0.551. The quantitative estimate of drug-likeness (QED) is 0.758. The summed E-state index contributed by atoms with van der Waals surface area (Å²) in [5.74, 6) is 1.89. The maximum absolute atomic E-state index is 6.03. The molecule has 1 saturated heterocycles. The van der Waals surface area contributed by atoms with Crippen LogP contribution >= 0.6 is 0 Å². The van der Waals surface area contributed by atoms with Crippen LogP contribution in [0.3, 0.4) is 0 Å². The molecule has 1 aliphatic heterocycles. The summed E-state index contributed by atoms with van der Waals surface area (Å²) in [6.45, 7) is 3.19. The monoisotopic (exact) mass is 203 g/mol. The van der Waals surface area contributed by atoms with Gasteiger partial charge in [0.05, 0.1) is 5.69 Å². The second kappa shape index (κ2) is 3.12. The maximum atomic E-state index is 6.03. The molecule has 0 radical (unpaired) electrons. The number of nitrogens with zero attached hydrogens (tertiary/aromatic N) is 2. The molecular formula is C12H17N3. The van der Waals surface area contributed by atoms with Crippen LogP contribution in [0.5, 0.6) is 0 Å². The molecule has 80 valence electrons. The van der Waals surface area contributed by atoms with Gasteiger partial charge < -0.3 is 10.6 Å². The van der Waals surface area contributed by atoms with Crippen molar-refractivity contribution in [2.24, 2.45) is 5.92 Å². The van der Waals surface area contributed by atoms with E-state index >= 15 is 0 Å². The number of pyridine rings is 1. The number of aryl methyl sites for hydroxylation is 1. The van der Waals surface area contributed by atoms with Gasteiger partial charge in [0.2, 0.25) is 0 Å². The Bertz CT molecular complexity index is 388. The Kier molecular flexibility index (Phi) is 1.87. The van der Waals surface area contributed by atoms with Crippen molar-refractivity contribution in [2.45, 2.75) is 32.2 Å². The van der Waals surface area contributed by atoms with Gasteiger partial charge in [-0.15, -0.1) is 0 Å². The van der Waals surface area contributed by atoms with Gasteiger partial charge in [0, 0.05) is 18.8 Å². The summed E-state index contributed by atoms with van der Waals surface area (Å²) in [5, 5.41) is 0. The standard InChI is InChI=1S/C12H17N3/c1-8-4-11(13)12(14-6-8)15-7-9-2-3-10(15)5-9/h4,6,9-10H,2-3,5,7,13H2,1H3. The van der Waals surface area contributed by atoms with Gasteiger partial charge in [0.1, 0.15) is 0 Å². The van der Waals surface area contributed by atoms with Crippen molar-refractivity contribution < 1.29 is 0 Å². The molecule has 2 aliphatic rings. The number of fused-ring (bicyclic) bond motifs is 2. The van der Waals surface area contributed by atoms with E-state index in [1.54, 1.807) is 0 Å². The van der Waals surface area contributed by atoms with Crippen LogP contribution in [0.15, 0.2) is 12.3 Å². The van der Waals surface area contributed by atoms with E-state index in [0.29, 0.717) is 6.04 Å². The lowest BCUT2D eigenvalue weighted by Crippen LogP contribution is -2.33. The van der Waals surface area contributed by atoms with Crippen LogP contribution in [-0.4, -0.2) is 17.6 Å². The smallest absolute Gasteiger partial charge is 0.152 e. The molecule has 0 amide bonds. The number of rotatable bonds is 1. The molecule has 2 fully saturated rings. The third-order valence-electron chi connectivity index (χ3n) is 3.71. The van der Waals surface area contributed by atoms with E-state index in [1.807, 2.05) is 19.2 Å². The molecule has 1 aromatic heterocycles. The molecule has 3 heteroatoms. The molecule has 3 rings (SSSR count). The van der Waals surface area contributed by atoms with Crippen LogP contribution in [0.1, 0.15) is 24.8 Å². The van der Waals surface area contributed by atoms with Crippen LogP contribution in [-0.2, 0) is 0 Å². The predicted octanol–water partition coefficient (Wildman–Crippen LogP) is 1.96. The van der Waals surface area contributed by atoms with Crippen LogP contribution in [0.2, 0.25) is 0 Å². The zero-order valence-electron chi connectivity index (χ0n) is 9.11. The third kappa shape index (κ3) is 1.37. The number of nitrogen functional groups attached to an aromatic ring is 1. The fourth-order valence-corrected chi connectivity index (χ4v) is 3.01. The molecular weight excluding hydrogens is 186 g/mol. The highest BCUT2D eigenvalue weighted by molar-refractivity contribution is 5.64. The molecule has 0 aromatic carbocycles. The zero-order valence-corrected chi connectivity index (χ0v) is 9.11. The van der Waals surface area contributed by atoms with E-state index in [4.69, 9.17) is 5.73 Å². The molecule has 2 N–H and O–H groups in total. The van der Waals surface area contributed by atoms with Gasteiger partial charge in [-0.25, -0.2) is 4.98 Å². The Morgan fingerprint density at radius 2 is 2.33 bits per heavy atom. The number of hydrogen-bond acceptors (Lipinski definition) is 3. The summed E-state index contributed by atoms with van der Waals surface area (Å²) < 4.78 is 0. The first-order chi connectivity index (χ1) is 7.24. The van der Waals surface area contributed by atoms with Gasteiger partial charge in [-0.1, -0.05) is 0 Å². The Labute approximate surface area is 90.3 Å². The van der Waals surface area contributed by atoms with Crippen LogP contribution in [0.4, 0.5) is 11.5 Å². The SMILES string of the molecule is Cc1cnc(N2CC3CCC2C3)c(N)c1. The fourth-order valence-electron chi connectivity index (χ4n) is 3.01. The Hall–Kier alpha value is -1.25. The lowest BCUT2D eigenvalue weighted by Gasteiger charge is -2.29. The molecule has 1 aromatic rings. The van der Waals surface area contributed by atoms with E-state index in [1.165, 1.54) is 19.3 Å². The minimum Gasteiger partial charge on any atom is -0.396 e. The Morgan fingerprint density at radius 1 is 1.47 bits per heavy atom. The number of nitrogens with two attached hydrogens (primary N) is 1. The number of piperidine rings is 1. The van der Waals surface area contributed by atoms with Crippen molar-refractivity contribution >= 4 is 11.5 Å². The largest absolute Gasteiger partial charge is 0.396 e. The number of hydrogen-bond donors (Lipinski definition) is 1. The first-order valence-electron chi connectivity index (χ1n) is 5.73. The van der Waals surface area contributed by atoms with E-state index in [-0.39, 0.29) is 0 Å². The average molecular weight is 203 g/mol. The molecule has 15 heavy (non-hydrogen) atoms. The molecule has 0 spiro atoms. The van der Waals surface area contributed by atoms with Crippen LogP contribution < -0.4 is 10.6 Å². The second-order valence-electron chi connectivity index (χ2n) is 4.91. The van der Waals surface area contributed by atoms with Gasteiger partial charge in [-0.3, -0.25) is 0 Å². The molecule has 1 saturated carbocycles. The predicted molar refractivity (Wildman–Crippen MR) is 61.9 cm³/mol. The maximum Gasteiger partial charge on any atom is 0.152 e. The first-order valence-corrected chi connectivity index (χ1v) is 5.73. The lowest BCUT2D eigenvalue weighted by atomic mass is 10.1. The summed E-state index contributed by atoms with van der Waals surface area (Å²) in [4.78, 5) is 6.89. The number of anilines is 2. The average Bonchev–Trinajstić information content (AvgIpc) is 2.78. The van der Waals surface area contributed by atoms with Gasteiger partial charge >= 0.3 is 0 Å². The first kappa shape index (κ1) is 9.01. The summed E-state index contributed by atoms with van der Waals surface area (Å²) in [5.41, 5.74) is 8.00. The van der Waals surface area contributed by atoms with Crippen molar-refractivity contribution in [3.8, 4) is 0 Å². The summed E-state index contributed by atoms with van der Waals surface area (Å²) in [6, 6.07) is 2.72. The van der Waals surface area contributed by atoms with Crippen molar-refractivity contribution in [1.29, 1.82) is 0 Å². The van der Waals surface area contributed by atoms with Crippen molar-refractivity contribution in [2.75, 3.05) is 17.2 Å². The molecule has 1 aliphatic carbocycles. The van der Waals surface area contributed by atoms with Crippen LogP contribution in [0.25, 0.3) is 0 Å². The Balaban J connectivity index is 1.93. The second-order valence-corrected chi connectivity index (χ2v) is 4.91. The van der Waals surface area contributed by atoms with Gasteiger partial charge in [-0.2, -0.15) is 0 Å². The summed E-state index contributed by atoms with van der Waals surface area (Å²) in [6.07, 6.45) is 5.97. The minimum atomic E-state index is 0.701. The van der Waals surface area contributed by atoms with E-state index in [9.17, 15) is 0 Å². The topological polar surface area (TPSA) is 42.2 Å². The highest BCUT2D eigenvalue weighted by Crippen LogP contribution is 2.40. The normalized spacial score (nSPS) is 28.7. The molecule has 2 atom stereocenters. The van der Waals surface area contributed by atoms with Crippen LogP contribution in [0, 0.1) is 12.8 Å². The highest BCUT2D eigenvalue weighted by Gasteiger charge is 2.38. The summed E-state index contributed by atoms with van der Waals surface area (Å²) >= 11 is 0. The zero-order chi connectivity index (χ0) is 10.4. The Morgan fingerprint density at radius 3 is 2.93 bits per heavy atom. The molecule has 2 heterocycles. The van der Waals surface area contributed by atoms with E-state index < -0.39 is 0 Å². The van der Waals surface area contributed by atoms with Gasteiger partial charge in [0.25, 0.3) is 0 Å². The van der Waals surface area contributed by atoms with Crippen molar-refractivity contribution in [3.05, 3.63) is 17.8 Å². The minimum absolute atomic E-state index is 0.701. The highest BCUT2D eigenvalue weighted by atomic mass is 15.2. The molecule has 2 bridgehead atoms. The third-order valence-corrected chi connectivity index (χ3v) is 3.71. The number of aromatic nitrogens is 1.